The van der Waals surface area contributed by atoms with Gasteiger partial charge < -0.3 is 14.8 Å². The van der Waals surface area contributed by atoms with Crippen LogP contribution in [-0.4, -0.2) is 29.5 Å². The van der Waals surface area contributed by atoms with Gasteiger partial charge in [-0.3, -0.25) is 0 Å². The number of aromatic nitrogens is 2. The van der Waals surface area contributed by atoms with E-state index >= 15 is 0 Å². The van der Waals surface area contributed by atoms with Gasteiger partial charge >= 0.3 is 0 Å². The van der Waals surface area contributed by atoms with Crippen LogP contribution in [0.5, 0.6) is 10.9 Å². The molecule has 0 aliphatic heterocycles. The van der Waals surface area contributed by atoms with Crippen LogP contribution < -0.4 is 14.8 Å². The van der Waals surface area contributed by atoms with Crippen LogP contribution in [0.25, 0.3) is 0 Å². The summed E-state index contributed by atoms with van der Waals surface area (Å²) in [4.78, 5) is 0. The Morgan fingerprint density at radius 2 is 1.85 bits per heavy atom. The second kappa shape index (κ2) is 7.81. The predicted octanol–water partition coefficient (Wildman–Crippen LogP) is 2.49. The maximum atomic E-state index is 5.53. The lowest BCUT2D eigenvalue weighted by Crippen LogP contribution is -2.21. The van der Waals surface area contributed by atoms with Gasteiger partial charge in [-0.25, -0.2) is 0 Å². The third-order valence-electron chi connectivity index (χ3n) is 2.43. The van der Waals surface area contributed by atoms with E-state index in [1.165, 1.54) is 11.3 Å². The first-order valence-corrected chi connectivity index (χ1v) is 7.42. The van der Waals surface area contributed by atoms with E-state index in [0.29, 0.717) is 24.4 Å². The summed E-state index contributed by atoms with van der Waals surface area (Å²) in [6.07, 6.45) is 0. The van der Waals surface area contributed by atoms with Crippen molar-refractivity contribution in [2.45, 2.75) is 26.4 Å². The van der Waals surface area contributed by atoms with Crippen molar-refractivity contribution < 1.29 is 9.47 Å². The number of para-hydroxylation sites is 1. The molecule has 1 aromatic heterocycles. The van der Waals surface area contributed by atoms with Gasteiger partial charge in [0.2, 0.25) is 0 Å². The number of nitrogens with one attached hydrogen (secondary N) is 1. The lowest BCUT2D eigenvalue weighted by Gasteiger charge is -2.05. The van der Waals surface area contributed by atoms with E-state index < -0.39 is 0 Å². The number of benzene rings is 1. The van der Waals surface area contributed by atoms with Crippen LogP contribution in [0, 0.1) is 0 Å². The molecule has 1 N–H and O–H groups in total. The summed E-state index contributed by atoms with van der Waals surface area (Å²) in [6.45, 7) is 5.86. The predicted molar refractivity (Wildman–Crippen MR) is 79.3 cm³/mol. The van der Waals surface area contributed by atoms with E-state index in [9.17, 15) is 0 Å². The zero-order valence-corrected chi connectivity index (χ0v) is 12.5. The highest BCUT2D eigenvalue weighted by Gasteiger charge is 2.05. The van der Waals surface area contributed by atoms with E-state index in [1.807, 2.05) is 30.3 Å². The molecule has 0 aliphatic rings. The summed E-state index contributed by atoms with van der Waals surface area (Å²) in [5.41, 5.74) is 0. The Bertz CT molecular complexity index is 502. The summed E-state index contributed by atoms with van der Waals surface area (Å²) >= 11 is 1.46. The van der Waals surface area contributed by atoms with E-state index in [2.05, 4.69) is 29.4 Å². The Morgan fingerprint density at radius 1 is 1.10 bits per heavy atom. The quantitative estimate of drug-likeness (QED) is 0.758. The first-order chi connectivity index (χ1) is 9.74. The first kappa shape index (κ1) is 14.7. The van der Waals surface area contributed by atoms with E-state index in [4.69, 9.17) is 9.47 Å². The monoisotopic (exact) mass is 293 g/mol. The minimum atomic E-state index is 0.433. The second-order valence-corrected chi connectivity index (χ2v) is 5.53. The Labute approximate surface area is 123 Å². The normalized spacial score (nSPS) is 10.8. The molecule has 2 aromatic rings. The van der Waals surface area contributed by atoms with Gasteiger partial charge in [0.25, 0.3) is 5.19 Å². The van der Waals surface area contributed by atoms with Gasteiger partial charge in [0.05, 0.1) is 6.54 Å². The third kappa shape index (κ3) is 5.14. The zero-order chi connectivity index (χ0) is 14.2. The van der Waals surface area contributed by atoms with Gasteiger partial charge in [0.1, 0.15) is 24.0 Å². The molecule has 0 saturated heterocycles. The van der Waals surface area contributed by atoms with Gasteiger partial charge in [0.15, 0.2) is 0 Å². The summed E-state index contributed by atoms with van der Waals surface area (Å²) in [5.74, 6) is 0.843. The molecule has 0 spiro atoms. The molecule has 108 valence electrons. The van der Waals surface area contributed by atoms with Gasteiger partial charge in [-0.1, -0.05) is 43.4 Å². The topological polar surface area (TPSA) is 56.3 Å². The third-order valence-corrected chi connectivity index (χ3v) is 3.27. The van der Waals surface area contributed by atoms with Crippen LogP contribution in [-0.2, 0) is 6.54 Å². The van der Waals surface area contributed by atoms with Gasteiger partial charge in [-0.05, 0) is 12.1 Å². The van der Waals surface area contributed by atoms with E-state index in [-0.39, 0.29) is 0 Å². The summed E-state index contributed by atoms with van der Waals surface area (Å²) in [6, 6.07) is 10.1. The van der Waals surface area contributed by atoms with Crippen molar-refractivity contribution in [3.8, 4) is 10.9 Å². The standard InChI is InChI=1S/C14H19N3O2S/c1-11(2)15-10-13-16-17-14(20-13)19-9-8-18-12-6-4-3-5-7-12/h3-7,11,15H,8-10H2,1-2H3. The minimum absolute atomic E-state index is 0.433. The molecular weight excluding hydrogens is 274 g/mol. The number of nitrogens with zero attached hydrogens (tertiary/aromatic N) is 2. The molecule has 5 nitrogen and oxygen atoms in total. The molecule has 20 heavy (non-hydrogen) atoms. The van der Waals surface area contributed by atoms with E-state index in [1.54, 1.807) is 0 Å². The first-order valence-electron chi connectivity index (χ1n) is 6.60. The molecule has 0 amide bonds. The second-order valence-electron chi connectivity index (χ2n) is 4.51. The van der Waals surface area contributed by atoms with Crippen molar-refractivity contribution in [1.82, 2.24) is 15.5 Å². The van der Waals surface area contributed by atoms with Crippen molar-refractivity contribution >= 4 is 11.3 Å². The molecule has 6 heteroatoms. The van der Waals surface area contributed by atoms with Gasteiger partial charge in [-0.15, -0.1) is 10.2 Å². The Balaban J connectivity index is 1.67. The molecule has 0 unspecified atom stereocenters. The fourth-order valence-corrected chi connectivity index (χ4v) is 2.13. The summed E-state index contributed by atoms with van der Waals surface area (Å²) in [5, 5.41) is 12.9. The molecule has 0 aliphatic carbocycles. The zero-order valence-electron chi connectivity index (χ0n) is 11.7. The number of rotatable bonds is 8. The maximum Gasteiger partial charge on any atom is 0.294 e. The summed E-state index contributed by atoms with van der Waals surface area (Å²) in [7, 11) is 0. The van der Waals surface area contributed by atoms with Crippen molar-refractivity contribution in [2.24, 2.45) is 0 Å². The average Bonchev–Trinajstić information content (AvgIpc) is 2.90. The molecule has 2 rings (SSSR count). The molecule has 0 fully saturated rings. The van der Waals surface area contributed by atoms with Gasteiger partial charge in [0, 0.05) is 6.04 Å². The SMILES string of the molecule is CC(C)NCc1nnc(OCCOc2ccccc2)s1. The molecule has 1 heterocycles. The lowest BCUT2D eigenvalue weighted by molar-refractivity contribution is 0.215. The maximum absolute atomic E-state index is 5.53. The summed E-state index contributed by atoms with van der Waals surface area (Å²) < 4.78 is 11.0. The highest BCUT2D eigenvalue weighted by Crippen LogP contribution is 2.17. The van der Waals surface area contributed by atoms with Crippen molar-refractivity contribution in [2.75, 3.05) is 13.2 Å². The Hall–Kier alpha value is -1.66. The molecule has 0 bridgehead atoms. The van der Waals surface area contributed by atoms with Crippen LogP contribution in [0.1, 0.15) is 18.9 Å². The largest absolute Gasteiger partial charge is 0.490 e. The van der Waals surface area contributed by atoms with Crippen LogP contribution in [0.3, 0.4) is 0 Å². The van der Waals surface area contributed by atoms with Crippen molar-refractivity contribution in [3.05, 3.63) is 35.3 Å². The number of ether oxygens (including phenoxy) is 2. The van der Waals surface area contributed by atoms with Crippen LogP contribution in [0.2, 0.25) is 0 Å². The number of hydrogen-bond donors (Lipinski definition) is 1. The van der Waals surface area contributed by atoms with Crippen molar-refractivity contribution in [3.63, 3.8) is 0 Å². The van der Waals surface area contributed by atoms with Crippen LogP contribution in [0.4, 0.5) is 0 Å². The number of hydrogen-bond acceptors (Lipinski definition) is 6. The molecule has 1 aromatic carbocycles. The Kier molecular flexibility index (Phi) is 5.76. The smallest absolute Gasteiger partial charge is 0.294 e. The van der Waals surface area contributed by atoms with Crippen LogP contribution in [0.15, 0.2) is 30.3 Å². The molecular formula is C14H19N3O2S. The van der Waals surface area contributed by atoms with Gasteiger partial charge in [-0.2, -0.15) is 0 Å². The highest BCUT2D eigenvalue weighted by molar-refractivity contribution is 7.13. The Morgan fingerprint density at radius 3 is 2.60 bits per heavy atom. The average molecular weight is 293 g/mol. The van der Waals surface area contributed by atoms with Crippen LogP contribution >= 0.6 is 11.3 Å². The molecule has 0 radical (unpaired) electrons. The fourth-order valence-electron chi connectivity index (χ4n) is 1.46. The highest BCUT2D eigenvalue weighted by atomic mass is 32.1. The minimum Gasteiger partial charge on any atom is -0.490 e. The lowest BCUT2D eigenvalue weighted by atomic mass is 10.3. The van der Waals surface area contributed by atoms with Crippen molar-refractivity contribution in [1.29, 1.82) is 0 Å². The van der Waals surface area contributed by atoms with E-state index in [0.717, 1.165) is 17.3 Å². The fraction of sp³-hybridized carbons (Fsp3) is 0.429. The molecule has 0 saturated carbocycles. The molecule has 0 atom stereocenters.